The number of nitrogens with one attached hydrogen (secondary N) is 1. The first-order chi connectivity index (χ1) is 11.7. The highest BCUT2D eigenvalue weighted by Gasteiger charge is 2.21. The number of ether oxygens (including phenoxy) is 1. The second-order valence-electron chi connectivity index (χ2n) is 5.59. The largest absolute Gasteiger partial charge is 0.495 e. The van der Waals surface area contributed by atoms with Crippen molar-refractivity contribution in [1.82, 2.24) is 4.90 Å². The third-order valence-corrected chi connectivity index (χ3v) is 4.39. The fourth-order valence-corrected chi connectivity index (χ4v) is 3.00. The van der Waals surface area contributed by atoms with E-state index in [2.05, 4.69) is 10.2 Å². The van der Waals surface area contributed by atoms with Crippen LogP contribution >= 0.6 is 11.6 Å². The van der Waals surface area contributed by atoms with Gasteiger partial charge in [0.2, 0.25) is 0 Å². The van der Waals surface area contributed by atoms with E-state index in [1.807, 2.05) is 53.4 Å². The summed E-state index contributed by atoms with van der Waals surface area (Å²) in [4.78, 5) is 16.4. The molecular formula is C18H20ClN3O2. The van der Waals surface area contributed by atoms with Crippen LogP contribution in [0.25, 0.3) is 0 Å². The van der Waals surface area contributed by atoms with Gasteiger partial charge in [-0.1, -0.05) is 29.8 Å². The van der Waals surface area contributed by atoms with Crippen molar-refractivity contribution in [3.63, 3.8) is 0 Å². The fourth-order valence-electron chi connectivity index (χ4n) is 2.74. The molecule has 1 fully saturated rings. The van der Waals surface area contributed by atoms with E-state index in [9.17, 15) is 4.79 Å². The maximum atomic E-state index is 12.3. The maximum absolute atomic E-state index is 12.3. The number of halogens is 1. The van der Waals surface area contributed by atoms with Crippen LogP contribution in [-0.4, -0.2) is 44.2 Å². The number of para-hydroxylation sites is 1. The van der Waals surface area contributed by atoms with Crippen LogP contribution in [0.1, 0.15) is 0 Å². The van der Waals surface area contributed by atoms with Crippen LogP contribution in [0.3, 0.4) is 0 Å². The Morgan fingerprint density at radius 2 is 1.79 bits per heavy atom. The molecule has 5 nitrogen and oxygen atoms in total. The zero-order chi connectivity index (χ0) is 16.9. The van der Waals surface area contributed by atoms with Crippen LogP contribution in [-0.2, 0) is 0 Å². The Balaban J connectivity index is 1.57. The molecule has 3 rings (SSSR count). The van der Waals surface area contributed by atoms with Gasteiger partial charge in [0.1, 0.15) is 5.75 Å². The van der Waals surface area contributed by atoms with Crippen molar-refractivity contribution in [2.75, 3.05) is 43.5 Å². The summed E-state index contributed by atoms with van der Waals surface area (Å²) in [6.45, 7) is 2.88. The van der Waals surface area contributed by atoms with Crippen LogP contribution < -0.4 is 15.0 Å². The van der Waals surface area contributed by atoms with Crippen molar-refractivity contribution >= 4 is 29.0 Å². The molecule has 1 aliphatic rings. The van der Waals surface area contributed by atoms with Gasteiger partial charge in [0, 0.05) is 37.6 Å². The minimum Gasteiger partial charge on any atom is -0.495 e. The first-order valence-electron chi connectivity index (χ1n) is 7.87. The summed E-state index contributed by atoms with van der Waals surface area (Å²) < 4.78 is 5.18. The summed E-state index contributed by atoms with van der Waals surface area (Å²) in [5.74, 6) is 0.668. The fraction of sp³-hybridized carbons (Fsp3) is 0.278. The average molecular weight is 346 g/mol. The number of piperazine rings is 1. The number of benzene rings is 2. The first kappa shape index (κ1) is 16.5. The Kier molecular flexibility index (Phi) is 5.11. The highest BCUT2D eigenvalue weighted by atomic mass is 35.5. The Morgan fingerprint density at radius 3 is 2.42 bits per heavy atom. The Hall–Kier alpha value is -2.40. The number of hydrogen-bond acceptors (Lipinski definition) is 3. The van der Waals surface area contributed by atoms with E-state index in [-0.39, 0.29) is 6.03 Å². The summed E-state index contributed by atoms with van der Waals surface area (Å²) in [5, 5.41) is 3.52. The second kappa shape index (κ2) is 7.45. The van der Waals surface area contributed by atoms with Gasteiger partial charge in [0.05, 0.1) is 12.1 Å². The highest BCUT2D eigenvalue weighted by Crippen LogP contribution is 2.29. The number of nitrogens with zero attached hydrogens (tertiary/aromatic N) is 2. The lowest BCUT2D eigenvalue weighted by atomic mass is 10.2. The van der Waals surface area contributed by atoms with Gasteiger partial charge < -0.3 is 19.9 Å². The van der Waals surface area contributed by atoms with Gasteiger partial charge in [-0.3, -0.25) is 0 Å². The zero-order valence-corrected chi connectivity index (χ0v) is 14.3. The molecule has 0 aliphatic carbocycles. The molecule has 0 atom stereocenters. The molecule has 1 N–H and O–H groups in total. The summed E-state index contributed by atoms with van der Waals surface area (Å²) >= 11 is 6.19. The Morgan fingerprint density at radius 1 is 1.08 bits per heavy atom. The Bertz CT molecular complexity index is 701. The molecule has 2 amide bonds. The minimum absolute atomic E-state index is 0.0615. The van der Waals surface area contributed by atoms with Gasteiger partial charge in [-0.2, -0.15) is 0 Å². The molecule has 0 unspecified atom stereocenters. The molecule has 2 aromatic rings. The number of urea groups is 1. The van der Waals surface area contributed by atoms with E-state index in [0.29, 0.717) is 23.9 Å². The van der Waals surface area contributed by atoms with E-state index in [1.165, 1.54) is 0 Å². The first-order valence-corrected chi connectivity index (χ1v) is 8.24. The molecule has 1 heterocycles. The molecular weight excluding hydrogens is 326 g/mol. The molecule has 0 radical (unpaired) electrons. The van der Waals surface area contributed by atoms with Crippen molar-refractivity contribution in [3.8, 4) is 5.75 Å². The predicted octanol–water partition coefficient (Wildman–Crippen LogP) is 3.70. The molecule has 2 aromatic carbocycles. The van der Waals surface area contributed by atoms with E-state index in [0.717, 1.165) is 24.5 Å². The molecule has 1 saturated heterocycles. The lowest BCUT2D eigenvalue weighted by Crippen LogP contribution is -2.50. The van der Waals surface area contributed by atoms with Gasteiger partial charge >= 0.3 is 6.03 Å². The summed E-state index contributed by atoms with van der Waals surface area (Å²) in [7, 11) is 1.60. The van der Waals surface area contributed by atoms with Crippen LogP contribution in [0.15, 0.2) is 48.5 Å². The lowest BCUT2D eigenvalue weighted by molar-refractivity contribution is 0.208. The third-order valence-electron chi connectivity index (χ3n) is 4.09. The quantitative estimate of drug-likeness (QED) is 0.922. The normalized spacial score (nSPS) is 14.4. The second-order valence-corrected chi connectivity index (χ2v) is 6.00. The highest BCUT2D eigenvalue weighted by molar-refractivity contribution is 6.32. The van der Waals surface area contributed by atoms with E-state index in [1.54, 1.807) is 7.11 Å². The van der Waals surface area contributed by atoms with Gasteiger partial charge in [-0.25, -0.2) is 4.79 Å². The van der Waals surface area contributed by atoms with Gasteiger partial charge in [0.15, 0.2) is 0 Å². The topological polar surface area (TPSA) is 44.8 Å². The number of rotatable bonds is 3. The molecule has 126 valence electrons. The molecule has 0 saturated carbocycles. The predicted molar refractivity (Wildman–Crippen MR) is 97.3 cm³/mol. The average Bonchev–Trinajstić information content (AvgIpc) is 2.62. The summed E-state index contributed by atoms with van der Waals surface area (Å²) in [5.41, 5.74) is 1.86. The molecule has 0 spiro atoms. The van der Waals surface area contributed by atoms with Crippen molar-refractivity contribution in [1.29, 1.82) is 0 Å². The summed E-state index contributed by atoms with van der Waals surface area (Å²) in [6, 6.07) is 15.2. The Labute approximate surface area is 146 Å². The third kappa shape index (κ3) is 3.74. The van der Waals surface area contributed by atoms with Crippen LogP contribution in [0.5, 0.6) is 5.75 Å². The number of carbonyl (C=O) groups excluding carboxylic acids is 1. The van der Waals surface area contributed by atoms with Crippen LogP contribution in [0.2, 0.25) is 5.02 Å². The van der Waals surface area contributed by atoms with E-state index < -0.39 is 0 Å². The van der Waals surface area contributed by atoms with Crippen LogP contribution in [0.4, 0.5) is 16.2 Å². The van der Waals surface area contributed by atoms with Crippen molar-refractivity contribution in [3.05, 3.63) is 53.6 Å². The van der Waals surface area contributed by atoms with Gasteiger partial charge in [-0.15, -0.1) is 0 Å². The van der Waals surface area contributed by atoms with Crippen molar-refractivity contribution in [2.45, 2.75) is 0 Å². The molecule has 24 heavy (non-hydrogen) atoms. The number of carbonyl (C=O) groups is 1. The van der Waals surface area contributed by atoms with Crippen molar-refractivity contribution in [2.24, 2.45) is 0 Å². The van der Waals surface area contributed by atoms with E-state index >= 15 is 0 Å². The molecule has 6 heteroatoms. The lowest BCUT2D eigenvalue weighted by Gasteiger charge is -2.36. The molecule has 1 aliphatic heterocycles. The van der Waals surface area contributed by atoms with Crippen molar-refractivity contribution < 1.29 is 9.53 Å². The number of amides is 2. The van der Waals surface area contributed by atoms with Crippen LogP contribution in [0, 0.1) is 0 Å². The van der Waals surface area contributed by atoms with Gasteiger partial charge in [-0.05, 0) is 30.3 Å². The summed E-state index contributed by atoms with van der Waals surface area (Å²) in [6.07, 6.45) is 0. The number of anilines is 2. The monoisotopic (exact) mass is 345 g/mol. The standard InChI is InChI=1S/C18H20ClN3O2/c1-24-17-8-7-15(13-16(17)19)21-9-11-22(12-10-21)18(23)20-14-5-3-2-4-6-14/h2-8,13H,9-12H2,1H3,(H,20,23). The van der Waals surface area contributed by atoms with Gasteiger partial charge in [0.25, 0.3) is 0 Å². The smallest absolute Gasteiger partial charge is 0.321 e. The number of hydrogen-bond donors (Lipinski definition) is 1. The number of methoxy groups -OCH3 is 1. The minimum atomic E-state index is -0.0615. The maximum Gasteiger partial charge on any atom is 0.321 e. The molecule has 0 aromatic heterocycles. The SMILES string of the molecule is COc1ccc(N2CCN(C(=O)Nc3ccccc3)CC2)cc1Cl. The zero-order valence-electron chi connectivity index (χ0n) is 13.5. The van der Waals surface area contributed by atoms with E-state index in [4.69, 9.17) is 16.3 Å². The molecule has 0 bridgehead atoms.